The highest BCUT2D eigenvalue weighted by atomic mass is 32.1. The number of nitrogens with one attached hydrogen (secondary N) is 1. The van der Waals surface area contributed by atoms with Gasteiger partial charge >= 0.3 is 6.09 Å². The fraction of sp³-hybridized carbons (Fsp3) is 0.538. The summed E-state index contributed by atoms with van der Waals surface area (Å²) in [5, 5.41) is 14.4. The zero-order chi connectivity index (χ0) is 25.2. The van der Waals surface area contributed by atoms with Crippen molar-refractivity contribution < 1.29 is 19.4 Å². The van der Waals surface area contributed by atoms with E-state index >= 15 is 0 Å². The van der Waals surface area contributed by atoms with Crippen LogP contribution in [0.25, 0.3) is 10.2 Å². The van der Waals surface area contributed by atoms with Crippen LogP contribution in [-0.4, -0.2) is 82.7 Å². The Morgan fingerprint density at radius 2 is 1.81 bits per heavy atom. The normalized spacial score (nSPS) is 22.9. The van der Waals surface area contributed by atoms with E-state index in [1.54, 1.807) is 16.2 Å². The average Bonchev–Trinajstić information content (AvgIpc) is 3.50. The molecule has 3 fully saturated rings. The lowest BCUT2D eigenvalue weighted by molar-refractivity contribution is 0.0336. The molecule has 1 saturated carbocycles. The minimum atomic E-state index is -0.301. The number of carbonyl (C=O) groups is 1. The molecule has 1 aromatic carbocycles. The van der Waals surface area contributed by atoms with Gasteiger partial charge in [-0.25, -0.2) is 19.7 Å². The van der Waals surface area contributed by atoms with Gasteiger partial charge in [-0.15, -0.1) is 11.3 Å². The number of amides is 1. The maximum atomic E-state index is 12.0. The van der Waals surface area contributed by atoms with Gasteiger partial charge in [0.25, 0.3) is 0 Å². The van der Waals surface area contributed by atoms with Gasteiger partial charge in [0.1, 0.15) is 6.61 Å². The summed E-state index contributed by atoms with van der Waals surface area (Å²) < 4.78 is 11.6. The van der Waals surface area contributed by atoms with Gasteiger partial charge in [-0.05, 0) is 49.9 Å². The van der Waals surface area contributed by atoms with E-state index in [9.17, 15) is 9.90 Å². The molecule has 0 spiro atoms. The molecule has 10 nitrogen and oxygen atoms in total. The number of aromatic nitrogens is 3. The molecule has 1 aliphatic carbocycles. The third-order valence-electron chi connectivity index (χ3n) is 7.17. The van der Waals surface area contributed by atoms with Crippen LogP contribution in [0.3, 0.4) is 0 Å². The van der Waals surface area contributed by atoms with Crippen molar-refractivity contribution in [3.63, 3.8) is 0 Å². The Balaban J connectivity index is 1.23. The quantitative estimate of drug-likeness (QED) is 0.481. The van der Waals surface area contributed by atoms with E-state index in [-0.39, 0.29) is 18.2 Å². The summed E-state index contributed by atoms with van der Waals surface area (Å²) in [6.07, 6.45) is 3.55. The molecule has 4 heterocycles. The largest absolute Gasteiger partial charge is 0.447 e. The minimum Gasteiger partial charge on any atom is -0.447 e. The third kappa shape index (κ3) is 5.85. The topological polar surface area (TPSA) is 113 Å². The van der Waals surface area contributed by atoms with E-state index in [0.29, 0.717) is 25.5 Å². The number of cyclic esters (lactones) is 1. The molecule has 0 atom stereocenters. The summed E-state index contributed by atoms with van der Waals surface area (Å²) in [6.45, 7) is 5.03. The number of hydrogen-bond acceptors (Lipinski definition) is 10. The predicted molar refractivity (Wildman–Crippen MR) is 141 cm³/mol. The number of benzene rings is 1. The Morgan fingerprint density at radius 1 is 1.00 bits per heavy atom. The second-order valence-corrected chi connectivity index (χ2v) is 11.0. The number of rotatable bonds is 7. The zero-order valence-corrected chi connectivity index (χ0v) is 21.6. The maximum Gasteiger partial charge on any atom is 0.414 e. The van der Waals surface area contributed by atoms with Gasteiger partial charge in [-0.1, -0.05) is 0 Å². The van der Waals surface area contributed by atoms with Crippen molar-refractivity contribution in [3.05, 3.63) is 40.7 Å². The van der Waals surface area contributed by atoms with Crippen molar-refractivity contribution >= 4 is 39.3 Å². The highest BCUT2D eigenvalue weighted by Crippen LogP contribution is 2.30. The predicted octanol–water partition coefficient (Wildman–Crippen LogP) is 3.18. The molecule has 0 bridgehead atoms. The molecule has 2 N–H and O–H groups in total. The van der Waals surface area contributed by atoms with Gasteiger partial charge in [0.15, 0.2) is 0 Å². The second kappa shape index (κ2) is 10.9. The van der Waals surface area contributed by atoms with Crippen LogP contribution in [-0.2, 0) is 22.4 Å². The van der Waals surface area contributed by atoms with E-state index < -0.39 is 0 Å². The van der Waals surface area contributed by atoms with E-state index in [0.717, 1.165) is 90.8 Å². The monoisotopic (exact) mass is 524 g/mol. The van der Waals surface area contributed by atoms with Crippen molar-refractivity contribution in [1.82, 2.24) is 19.9 Å². The lowest BCUT2D eigenvalue weighted by atomic mass is 9.93. The van der Waals surface area contributed by atoms with Gasteiger partial charge in [0.2, 0.25) is 5.95 Å². The number of carbonyl (C=O) groups excluding carboxylic acids is 1. The highest BCUT2D eigenvalue weighted by molar-refractivity contribution is 7.18. The number of aliphatic hydroxyl groups is 1. The number of fused-ring (bicyclic) bond motifs is 1. The number of nitrogens with zero attached hydrogens (tertiary/aromatic N) is 5. The Morgan fingerprint density at radius 3 is 2.59 bits per heavy atom. The van der Waals surface area contributed by atoms with Crippen LogP contribution >= 0.6 is 11.3 Å². The summed E-state index contributed by atoms with van der Waals surface area (Å²) in [7, 11) is 0. The number of morpholine rings is 1. The number of anilines is 2. The van der Waals surface area contributed by atoms with E-state index in [1.807, 2.05) is 18.2 Å². The number of thiazole rings is 1. The lowest BCUT2D eigenvalue weighted by Gasteiger charge is -2.27. The van der Waals surface area contributed by atoms with Gasteiger partial charge < -0.3 is 19.9 Å². The summed E-state index contributed by atoms with van der Waals surface area (Å²) in [6, 6.07) is 8.26. The van der Waals surface area contributed by atoms with E-state index in [1.165, 1.54) is 0 Å². The smallest absolute Gasteiger partial charge is 0.414 e. The standard InChI is InChI=1S/C26H32N6O4S/c33-21-4-1-17(2-5-21)27-25-28-18(13-19(29-25)16-31-7-10-35-11-8-31)14-24-30-22-6-3-20(15-23(22)37-24)32-9-12-36-26(32)34/h3,6,13,15,17,21,33H,1-2,4-5,7-12,14,16H2,(H,27,28,29). The number of aliphatic hydroxyl groups excluding tert-OH is 1. The van der Waals surface area contributed by atoms with Crippen LogP contribution in [0.5, 0.6) is 0 Å². The molecule has 2 aliphatic heterocycles. The summed E-state index contributed by atoms with van der Waals surface area (Å²) in [5.74, 6) is 0.651. The van der Waals surface area contributed by atoms with Crippen LogP contribution in [0, 0.1) is 0 Å². The van der Waals surface area contributed by atoms with Gasteiger partial charge in [-0.3, -0.25) is 9.80 Å². The van der Waals surface area contributed by atoms with Gasteiger partial charge in [-0.2, -0.15) is 0 Å². The van der Waals surface area contributed by atoms with Crippen LogP contribution in [0.4, 0.5) is 16.4 Å². The van der Waals surface area contributed by atoms with E-state index in [4.69, 9.17) is 24.4 Å². The van der Waals surface area contributed by atoms with Crippen molar-refractivity contribution in [3.8, 4) is 0 Å². The summed E-state index contributed by atoms with van der Waals surface area (Å²) >= 11 is 1.62. The Kier molecular flexibility index (Phi) is 7.18. The molecule has 6 rings (SSSR count). The third-order valence-corrected chi connectivity index (χ3v) is 8.19. The molecule has 11 heteroatoms. The number of hydrogen-bond donors (Lipinski definition) is 2. The van der Waals surface area contributed by atoms with Crippen LogP contribution in [0.2, 0.25) is 0 Å². The first kappa shape index (κ1) is 24.5. The van der Waals surface area contributed by atoms with Crippen molar-refractivity contribution in [1.29, 1.82) is 0 Å². The van der Waals surface area contributed by atoms with E-state index in [2.05, 4.69) is 16.3 Å². The molecular formula is C26H32N6O4S. The van der Waals surface area contributed by atoms with Gasteiger partial charge in [0, 0.05) is 37.8 Å². The first-order valence-corrected chi connectivity index (χ1v) is 13.9. The molecular weight excluding hydrogens is 492 g/mol. The van der Waals surface area contributed by atoms with Gasteiger partial charge in [0.05, 0.1) is 52.5 Å². The number of ether oxygens (including phenoxy) is 2. The zero-order valence-electron chi connectivity index (χ0n) is 20.8. The molecule has 1 amide bonds. The molecule has 0 radical (unpaired) electrons. The lowest BCUT2D eigenvalue weighted by Crippen LogP contribution is -2.36. The fourth-order valence-electron chi connectivity index (χ4n) is 5.17. The molecule has 2 saturated heterocycles. The summed E-state index contributed by atoms with van der Waals surface area (Å²) in [4.78, 5) is 30.5. The molecule has 2 aromatic heterocycles. The van der Waals surface area contributed by atoms with Crippen molar-refractivity contribution in [2.75, 3.05) is 49.7 Å². The molecule has 3 aliphatic rings. The molecule has 3 aromatic rings. The molecule has 37 heavy (non-hydrogen) atoms. The Bertz CT molecular complexity index is 1260. The second-order valence-electron chi connectivity index (χ2n) is 9.91. The first-order valence-electron chi connectivity index (χ1n) is 13.0. The van der Waals surface area contributed by atoms with Crippen molar-refractivity contribution in [2.45, 2.75) is 50.8 Å². The van der Waals surface area contributed by atoms with Crippen LogP contribution in [0.1, 0.15) is 42.1 Å². The Hall–Kier alpha value is -2.86. The van der Waals surface area contributed by atoms with Crippen LogP contribution in [0.15, 0.2) is 24.3 Å². The first-order chi connectivity index (χ1) is 18.1. The van der Waals surface area contributed by atoms with Crippen molar-refractivity contribution in [2.24, 2.45) is 0 Å². The highest BCUT2D eigenvalue weighted by Gasteiger charge is 2.24. The average molecular weight is 525 g/mol. The van der Waals surface area contributed by atoms with Crippen LogP contribution < -0.4 is 10.2 Å². The summed E-state index contributed by atoms with van der Waals surface area (Å²) in [5.41, 5.74) is 3.67. The minimum absolute atomic E-state index is 0.196. The maximum absolute atomic E-state index is 12.0. The molecule has 0 unspecified atom stereocenters. The molecule has 196 valence electrons. The fourth-order valence-corrected chi connectivity index (χ4v) is 6.18. The Labute approximate surface area is 219 Å². The SMILES string of the molecule is O=C1OCCN1c1ccc2nc(Cc3cc(CN4CCOCC4)nc(NC4CCC(O)CC4)n3)sc2c1.